The molecule has 6 heteroatoms. The van der Waals surface area contributed by atoms with Gasteiger partial charge >= 0.3 is 6.03 Å². The number of carbonyl (C=O) groups excluding carboxylic acids is 2. The lowest BCUT2D eigenvalue weighted by molar-refractivity contribution is -0.123. The van der Waals surface area contributed by atoms with Crippen LogP contribution in [0.2, 0.25) is 0 Å². The zero-order valence-electron chi connectivity index (χ0n) is 14.8. The van der Waals surface area contributed by atoms with Crippen molar-refractivity contribution in [1.29, 1.82) is 0 Å². The maximum atomic E-state index is 12.4. The minimum Gasteiger partial charge on any atom is -0.497 e. The monoisotopic (exact) mass is 353 g/mol. The number of benzene rings is 2. The van der Waals surface area contributed by atoms with Crippen molar-refractivity contribution < 1.29 is 14.3 Å². The Morgan fingerprint density at radius 2 is 1.92 bits per heavy atom. The summed E-state index contributed by atoms with van der Waals surface area (Å²) in [6.45, 7) is 1.01. The van der Waals surface area contributed by atoms with Gasteiger partial charge in [-0.15, -0.1) is 0 Å². The van der Waals surface area contributed by atoms with Gasteiger partial charge in [0.05, 0.1) is 13.0 Å². The van der Waals surface area contributed by atoms with Gasteiger partial charge in [-0.2, -0.15) is 0 Å². The van der Waals surface area contributed by atoms with E-state index in [4.69, 9.17) is 10.5 Å². The largest absolute Gasteiger partial charge is 0.497 e. The molecule has 1 heterocycles. The van der Waals surface area contributed by atoms with Gasteiger partial charge < -0.3 is 20.7 Å². The van der Waals surface area contributed by atoms with Crippen LogP contribution in [-0.4, -0.2) is 37.0 Å². The van der Waals surface area contributed by atoms with Crippen molar-refractivity contribution in [2.45, 2.75) is 12.8 Å². The summed E-state index contributed by atoms with van der Waals surface area (Å²) in [5.74, 6) is 0.198. The van der Waals surface area contributed by atoms with E-state index in [-0.39, 0.29) is 17.9 Å². The molecule has 2 aromatic rings. The van der Waals surface area contributed by atoms with Gasteiger partial charge in [0.15, 0.2) is 0 Å². The second-order valence-corrected chi connectivity index (χ2v) is 6.43. The van der Waals surface area contributed by atoms with Crippen molar-refractivity contribution in [3.63, 3.8) is 0 Å². The molecule has 0 saturated carbocycles. The summed E-state index contributed by atoms with van der Waals surface area (Å²) in [6.07, 6.45) is 1.53. The van der Waals surface area contributed by atoms with Crippen molar-refractivity contribution in [1.82, 2.24) is 4.90 Å². The van der Waals surface area contributed by atoms with Crippen LogP contribution < -0.4 is 15.8 Å². The summed E-state index contributed by atoms with van der Waals surface area (Å²) >= 11 is 0. The van der Waals surface area contributed by atoms with E-state index >= 15 is 0 Å². The van der Waals surface area contributed by atoms with Gasteiger partial charge in [0, 0.05) is 18.8 Å². The number of primary amides is 1. The predicted octanol–water partition coefficient (Wildman–Crippen LogP) is 3.09. The molecule has 6 nitrogen and oxygen atoms in total. The number of piperidine rings is 1. The topological polar surface area (TPSA) is 84.7 Å². The predicted molar refractivity (Wildman–Crippen MR) is 101 cm³/mol. The number of carbonyl (C=O) groups is 2. The number of likely N-dealkylation sites (tertiary alicyclic amines) is 1. The third-order valence-electron chi connectivity index (χ3n) is 4.65. The second kappa shape index (κ2) is 7.91. The van der Waals surface area contributed by atoms with Gasteiger partial charge in [0.25, 0.3) is 0 Å². The van der Waals surface area contributed by atoms with Gasteiger partial charge in [-0.1, -0.05) is 24.3 Å². The molecule has 0 aromatic heterocycles. The summed E-state index contributed by atoms with van der Waals surface area (Å²) < 4.78 is 5.25. The molecule has 26 heavy (non-hydrogen) atoms. The lowest BCUT2D eigenvalue weighted by atomic mass is 9.98. The second-order valence-electron chi connectivity index (χ2n) is 6.43. The number of anilines is 1. The molecule has 3 amide bonds. The number of urea groups is 1. The Kier molecular flexibility index (Phi) is 5.41. The standard InChI is InChI=1S/C20H23N3O3/c1-26-18-6-2-4-15(12-18)14-7-9-17(10-8-14)22-20(25)23-11-3-5-16(13-23)19(21)24/h2,4,6-10,12,16H,3,5,11,13H2,1H3,(H2,21,24)(H,22,25). The van der Waals surface area contributed by atoms with E-state index in [1.165, 1.54) is 0 Å². The number of ether oxygens (including phenoxy) is 1. The Hall–Kier alpha value is -3.02. The Morgan fingerprint density at radius 1 is 1.15 bits per heavy atom. The van der Waals surface area contributed by atoms with Crippen LogP contribution in [-0.2, 0) is 4.79 Å². The molecular formula is C20H23N3O3. The van der Waals surface area contributed by atoms with Crippen LogP contribution in [0.15, 0.2) is 48.5 Å². The van der Waals surface area contributed by atoms with E-state index < -0.39 is 0 Å². The van der Waals surface area contributed by atoms with Crippen LogP contribution in [0.1, 0.15) is 12.8 Å². The fourth-order valence-electron chi connectivity index (χ4n) is 3.15. The average molecular weight is 353 g/mol. The van der Waals surface area contributed by atoms with Crippen molar-refractivity contribution in [3.8, 4) is 16.9 Å². The van der Waals surface area contributed by atoms with E-state index in [0.29, 0.717) is 18.8 Å². The van der Waals surface area contributed by atoms with E-state index in [2.05, 4.69) is 5.32 Å². The molecule has 1 saturated heterocycles. The first-order chi connectivity index (χ1) is 12.6. The summed E-state index contributed by atoms with van der Waals surface area (Å²) in [5.41, 5.74) is 8.16. The minimum absolute atomic E-state index is 0.204. The molecule has 3 rings (SSSR count). The van der Waals surface area contributed by atoms with Crippen LogP contribution in [0.4, 0.5) is 10.5 Å². The summed E-state index contributed by atoms with van der Waals surface area (Å²) in [7, 11) is 1.64. The molecule has 2 aromatic carbocycles. The highest BCUT2D eigenvalue weighted by molar-refractivity contribution is 5.90. The molecule has 1 unspecified atom stereocenters. The number of nitrogens with one attached hydrogen (secondary N) is 1. The van der Waals surface area contributed by atoms with E-state index in [0.717, 1.165) is 29.7 Å². The van der Waals surface area contributed by atoms with E-state index in [9.17, 15) is 9.59 Å². The maximum Gasteiger partial charge on any atom is 0.321 e. The number of hydrogen-bond acceptors (Lipinski definition) is 3. The smallest absolute Gasteiger partial charge is 0.321 e. The quantitative estimate of drug-likeness (QED) is 0.886. The average Bonchev–Trinajstić information content (AvgIpc) is 2.68. The van der Waals surface area contributed by atoms with Crippen LogP contribution in [0, 0.1) is 5.92 Å². The number of nitrogens with zero attached hydrogens (tertiary/aromatic N) is 1. The summed E-state index contributed by atoms with van der Waals surface area (Å²) in [6, 6.07) is 15.2. The Morgan fingerprint density at radius 3 is 2.62 bits per heavy atom. The minimum atomic E-state index is -0.342. The summed E-state index contributed by atoms with van der Waals surface area (Å²) in [5, 5.41) is 2.88. The van der Waals surface area contributed by atoms with Crippen molar-refractivity contribution >= 4 is 17.6 Å². The molecule has 0 bridgehead atoms. The van der Waals surface area contributed by atoms with Crippen LogP contribution in [0.5, 0.6) is 5.75 Å². The molecule has 1 aliphatic heterocycles. The van der Waals surface area contributed by atoms with Crippen LogP contribution >= 0.6 is 0 Å². The maximum absolute atomic E-state index is 12.4. The molecule has 0 aliphatic carbocycles. The molecule has 0 spiro atoms. The highest BCUT2D eigenvalue weighted by Gasteiger charge is 2.26. The number of amides is 3. The molecule has 1 aliphatic rings. The third kappa shape index (κ3) is 4.14. The van der Waals surface area contributed by atoms with Crippen molar-refractivity contribution in [2.24, 2.45) is 11.7 Å². The Bertz CT molecular complexity index is 789. The fraction of sp³-hybridized carbons (Fsp3) is 0.300. The molecular weight excluding hydrogens is 330 g/mol. The van der Waals surface area contributed by atoms with Gasteiger partial charge in [0.2, 0.25) is 5.91 Å². The van der Waals surface area contributed by atoms with Gasteiger partial charge in [-0.05, 0) is 48.2 Å². The lowest BCUT2D eigenvalue weighted by Crippen LogP contribution is -2.45. The van der Waals surface area contributed by atoms with Crippen molar-refractivity contribution in [2.75, 3.05) is 25.5 Å². The number of rotatable bonds is 4. The summed E-state index contributed by atoms with van der Waals surface area (Å²) in [4.78, 5) is 25.4. The highest BCUT2D eigenvalue weighted by atomic mass is 16.5. The van der Waals surface area contributed by atoms with E-state index in [1.807, 2.05) is 48.5 Å². The third-order valence-corrected chi connectivity index (χ3v) is 4.65. The van der Waals surface area contributed by atoms with E-state index in [1.54, 1.807) is 12.0 Å². The normalized spacial score (nSPS) is 16.8. The first kappa shape index (κ1) is 17.8. The van der Waals surface area contributed by atoms with Crippen LogP contribution in [0.3, 0.4) is 0 Å². The first-order valence-corrected chi connectivity index (χ1v) is 8.66. The number of nitrogens with two attached hydrogens (primary N) is 1. The molecule has 0 radical (unpaired) electrons. The van der Waals surface area contributed by atoms with Crippen LogP contribution in [0.25, 0.3) is 11.1 Å². The lowest BCUT2D eigenvalue weighted by Gasteiger charge is -2.31. The SMILES string of the molecule is COc1cccc(-c2ccc(NC(=O)N3CCCC(C(N)=O)C3)cc2)c1. The van der Waals surface area contributed by atoms with Gasteiger partial charge in [-0.3, -0.25) is 4.79 Å². The molecule has 1 atom stereocenters. The Balaban J connectivity index is 1.65. The van der Waals surface area contributed by atoms with Crippen molar-refractivity contribution in [3.05, 3.63) is 48.5 Å². The number of methoxy groups -OCH3 is 1. The highest BCUT2D eigenvalue weighted by Crippen LogP contribution is 2.25. The molecule has 136 valence electrons. The van der Waals surface area contributed by atoms with Gasteiger partial charge in [-0.25, -0.2) is 4.79 Å². The fourth-order valence-corrected chi connectivity index (χ4v) is 3.15. The first-order valence-electron chi connectivity index (χ1n) is 8.66. The Labute approximate surface area is 152 Å². The zero-order valence-corrected chi connectivity index (χ0v) is 14.8. The van der Waals surface area contributed by atoms with Gasteiger partial charge in [0.1, 0.15) is 5.75 Å². The number of hydrogen-bond donors (Lipinski definition) is 2. The zero-order chi connectivity index (χ0) is 18.5. The molecule has 3 N–H and O–H groups in total. The molecule has 1 fully saturated rings.